The standard InChI is InChI=1S/C13H26NO2/c1-12(15)16-11-13(10-14(2,3)4)8-6-5-7-9-13/h5-11H2,1-4H3/q+1. The van der Waals surface area contributed by atoms with Crippen LogP contribution in [-0.2, 0) is 9.53 Å². The van der Waals surface area contributed by atoms with E-state index >= 15 is 0 Å². The summed E-state index contributed by atoms with van der Waals surface area (Å²) in [6.45, 7) is 3.21. The molecule has 1 aliphatic carbocycles. The van der Waals surface area contributed by atoms with Gasteiger partial charge in [-0.2, -0.15) is 0 Å². The Hall–Kier alpha value is -0.570. The Bertz CT molecular complexity index is 237. The first kappa shape index (κ1) is 13.5. The zero-order chi connectivity index (χ0) is 12.2. The Morgan fingerprint density at radius 3 is 2.19 bits per heavy atom. The third-order valence-corrected chi connectivity index (χ3v) is 3.31. The molecule has 0 saturated heterocycles. The van der Waals surface area contributed by atoms with Crippen molar-refractivity contribution >= 4 is 5.97 Å². The van der Waals surface area contributed by atoms with E-state index in [0.717, 1.165) is 11.0 Å². The van der Waals surface area contributed by atoms with Gasteiger partial charge in [0.2, 0.25) is 0 Å². The average Bonchev–Trinajstić information content (AvgIpc) is 2.14. The third-order valence-electron chi connectivity index (χ3n) is 3.31. The number of nitrogens with zero attached hydrogens (tertiary/aromatic N) is 1. The van der Waals surface area contributed by atoms with Crippen molar-refractivity contribution in [2.24, 2.45) is 5.41 Å². The Labute approximate surface area is 99.4 Å². The maximum Gasteiger partial charge on any atom is 0.302 e. The molecular weight excluding hydrogens is 202 g/mol. The lowest BCUT2D eigenvalue weighted by Crippen LogP contribution is -2.48. The molecule has 3 heteroatoms. The number of carbonyl (C=O) groups excluding carboxylic acids is 1. The highest BCUT2D eigenvalue weighted by Gasteiger charge is 2.38. The van der Waals surface area contributed by atoms with E-state index in [1.54, 1.807) is 0 Å². The fourth-order valence-electron chi connectivity index (χ4n) is 2.91. The van der Waals surface area contributed by atoms with Gasteiger partial charge in [0.15, 0.2) is 0 Å². The molecule has 0 aromatic carbocycles. The van der Waals surface area contributed by atoms with Crippen LogP contribution in [0.4, 0.5) is 0 Å². The van der Waals surface area contributed by atoms with Gasteiger partial charge in [0.25, 0.3) is 0 Å². The lowest BCUT2D eigenvalue weighted by molar-refractivity contribution is -0.877. The Kier molecular flexibility index (Phi) is 4.36. The minimum absolute atomic E-state index is 0.147. The van der Waals surface area contributed by atoms with Crippen LogP contribution >= 0.6 is 0 Å². The lowest BCUT2D eigenvalue weighted by atomic mass is 9.74. The fraction of sp³-hybridized carbons (Fsp3) is 0.923. The highest BCUT2D eigenvalue weighted by atomic mass is 16.5. The number of quaternary nitrogens is 1. The third kappa shape index (κ3) is 4.52. The van der Waals surface area contributed by atoms with Crippen molar-refractivity contribution in [2.75, 3.05) is 34.3 Å². The minimum atomic E-state index is -0.147. The van der Waals surface area contributed by atoms with Crippen molar-refractivity contribution in [3.63, 3.8) is 0 Å². The second-order valence-electron chi connectivity index (χ2n) is 6.29. The number of hydrogen-bond acceptors (Lipinski definition) is 2. The summed E-state index contributed by atoms with van der Waals surface area (Å²) >= 11 is 0. The summed E-state index contributed by atoms with van der Waals surface area (Å²) in [5, 5.41) is 0. The van der Waals surface area contributed by atoms with Crippen LogP contribution < -0.4 is 0 Å². The molecule has 1 rings (SSSR count). The van der Waals surface area contributed by atoms with E-state index in [-0.39, 0.29) is 11.4 Å². The molecule has 3 nitrogen and oxygen atoms in total. The normalized spacial score (nSPS) is 20.5. The molecule has 0 unspecified atom stereocenters. The number of rotatable bonds is 4. The van der Waals surface area contributed by atoms with Gasteiger partial charge < -0.3 is 9.22 Å². The molecule has 1 saturated carbocycles. The quantitative estimate of drug-likeness (QED) is 0.545. The first-order valence-corrected chi connectivity index (χ1v) is 6.27. The van der Waals surface area contributed by atoms with Crippen LogP contribution in [0.25, 0.3) is 0 Å². The van der Waals surface area contributed by atoms with Crippen LogP contribution in [0.2, 0.25) is 0 Å². The van der Waals surface area contributed by atoms with E-state index in [4.69, 9.17) is 4.74 Å². The van der Waals surface area contributed by atoms with Gasteiger partial charge in [-0.25, -0.2) is 0 Å². The number of carbonyl (C=O) groups is 1. The topological polar surface area (TPSA) is 26.3 Å². The minimum Gasteiger partial charge on any atom is -0.465 e. The maximum atomic E-state index is 11.0. The summed E-state index contributed by atoms with van der Waals surface area (Å²) in [5.41, 5.74) is 0.224. The first-order valence-electron chi connectivity index (χ1n) is 6.27. The zero-order valence-electron chi connectivity index (χ0n) is 11.2. The van der Waals surface area contributed by atoms with E-state index in [0.29, 0.717) is 6.61 Å². The van der Waals surface area contributed by atoms with E-state index in [1.165, 1.54) is 39.0 Å². The Morgan fingerprint density at radius 2 is 1.75 bits per heavy atom. The monoisotopic (exact) mass is 228 g/mol. The van der Waals surface area contributed by atoms with Gasteiger partial charge in [-0.3, -0.25) is 4.79 Å². The number of ether oxygens (including phenoxy) is 1. The van der Waals surface area contributed by atoms with Gasteiger partial charge in [-0.15, -0.1) is 0 Å². The summed E-state index contributed by atoms with van der Waals surface area (Å²) in [6, 6.07) is 0. The molecule has 0 aromatic rings. The molecule has 0 spiro atoms. The molecule has 0 heterocycles. The predicted molar refractivity (Wildman–Crippen MR) is 65.1 cm³/mol. The second kappa shape index (κ2) is 5.17. The largest absolute Gasteiger partial charge is 0.465 e. The Balaban J connectivity index is 2.63. The summed E-state index contributed by atoms with van der Waals surface area (Å²) in [7, 11) is 6.64. The first-order chi connectivity index (χ1) is 7.33. The van der Waals surface area contributed by atoms with Crippen LogP contribution in [0.15, 0.2) is 0 Å². The molecule has 1 fully saturated rings. The smallest absolute Gasteiger partial charge is 0.302 e. The molecule has 0 atom stereocenters. The van der Waals surface area contributed by atoms with Gasteiger partial charge in [0, 0.05) is 6.92 Å². The van der Waals surface area contributed by atoms with E-state index in [2.05, 4.69) is 21.1 Å². The van der Waals surface area contributed by atoms with E-state index < -0.39 is 0 Å². The molecule has 16 heavy (non-hydrogen) atoms. The van der Waals surface area contributed by atoms with Crippen molar-refractivity contribution in [1.29, 1.82) is 0 Å². The van der Waals surface area contributed by atoms with Gasteiger partial charge in [-0.05, 0) is 12.8 Å². The van der Waals surface area contributed by atoms with Crippen molar-refractivity contribution in [3.05, 3.63) is 0 Å². The summed E-state index contributed by atoms with van der Waals surface area (Å²) in [5.74, 6) is -0.147. The van der Waals surface area contributed by atoms with Crippen molar-refractivity contribution in [3.8, 4) is 0 Å². The van der Waals surface area contributed by atoms with Gasteiger partial charge in [0.05, 0.1) is 33.1 Å². The van der Waals surface area contributed by atoms with E-state index in [1.807, 2.05) is 0 Å². The van der Waals surface area contributed by atoms with Crippen molar-refractivity contribution in [2.45, 2.75) is 39.0 Å². The van der Waals surface area contributed by atoms with Crippen LogP contribution in [0.1, 0.15) is 39.0 Å². The van der Waals surface area contributed by atoms with Crippen LogP contribution in [0.3, 0.4) is 0 Å². The molecule has 0 aliphatic heterocycles. The van der Waals surface area contributed by atoms with Crippen LogP contribution in [0, 0.1) is 5.41 Å². The fourth-order valence-corrected chi connectivity index (χ4v) is 2.91. The molecular formula is C13H26NO2+. The second-order valence-corrected chi connectivity index (χ2v) is 6.29. The average molecular weight is 228 g/mol. The summed E-state index contributed by atoms with van der Waals surface area (Å²) in [4.78, 5) is 11.0. The molecule has 0 N–H and O–H groups in total. The van der Waals surface area contributed by atoms with Crippen LogP contribution in [-0.4, -0.2) is 44.7 Å². The molecule has 0 bridgehead atoms. The molecule has 1 aliphatic rings. The molecule has 0 aromatic heterocycles. The predicted octanol–water partition coefficient (Wildman–Crippen LogP) is 2.21. The summed E-state index contributed by atoms with van der Waals surface area (Å²) in [6.07, 6.45) is 6.30. The maximum absolute atomic E-state index is 11.0. The van der Waals surface area contributed by atoms with Crippen molar-refractivity contribution < 1.29 is 14.0 Å². The van der Waals surface area contributed by atoms with Gasteiger partial charge in [0.1, 0.15) is 6.61 Å². The molecule has 0 radical (unpaired) electrons. The number of esters is 1. The van der Waals surface area contributed by atoms with Crippen molar-refractivity contribution in [1.82, 2.24) is 0 Å². The highest BCUT2D eigenvalue weighted by molar-refractivity contribution is 5.65. The summed E-state index contributed by atoms with van der Waals surface area (Å²) < 4.78 is 6.23. The zero-order valence-corrected chi connectivity index (χ0v) is 11.2. The number of hydrogen-bond donors (Lipinski definition) is 0. The van der Waals surface area contributed by atoms with Gasteiger partial charge in [-0.1, -0.05) is 19.3 Å². The highest BCUT2D eigenvalue weighted by Crippen LogP contribution is 2.38. The van der Waals surface area contributed by atoms with E-state index in [9.17, 15) is 4.79 Å². The molecule has 0 amide bonds. The SMILES string of the molecule is CC(=O)OCC1(C[N+](C)(C)C)CCCCC1. The lowest BCUT2D eigenvalue weighted by Gasteiger charge is -2.41. The molecule has 94 valence electrons. The van der Waals surface area contributed by atoms with Crippen LogP contribution in [0.5, 0.6) is 0 Å². The van der Waals surface area contributed by atoms with Gasteiger partial charge >= 0.3 is 5.97 Å². The Morgan fingerprint density at radius 1 is 1.19 bits per heavy atom.